The molecule has 2 aromatic heterocycles. The zero-order valence-electron chi connectivity index (χ0n) is 20.5. The van der Waals surface area contributed by atoms with Crippen molar-refractivity contribution in [1.29, 1.82) is 0 Å². The molecular formula is C30H28N4O3. The maximum atomic E-state index is 13.5. The lowest BCUT2D eigenvalue weighted by atomic mass is 9.76. The summed E-state index contributed by atoms with van der Waals surface area (Å²) in [6, 6.07) is 20.5. The van der Waals surface area contributed by atoms with Crippen LogP contribution in [0.3, 0.4) is 0 Å². The second kappa shape index (κ2) is 8.83. The van der Waals surface area contributed by atoms with E-state index in [2.05, 4.69) is 46.6 Å². The van der Waals surface area contributed by atoms with Crippen LogP contribution in [0.25, 0.3) is 16.8 Å². The molecule has 2 aliphatic heterocycles. The quantitative estimate of drug-likeness (QED) is 0.352. The maximum absolute atomic E-state index is 13.5. The minimum Gasteiger partial charge on any atom is -0.448 e. The monoisotopic (exact) mass is 492 g/mol. The van der Waals surface area contributed by atoms with Gasteiger partial charge in [-0.15, -0.1) is 10.2 Å². The van der Waals surface area contributed by atoms with E-state index in [-0.39, 0.29) is 35.8 Å². The van der Waals surface area contributed by atoms with Gasteiger partial charge in [-0.2, -0.15) is 0 Å². The summed E-state index contributed by atoms with van der Waals surface area (Å²) in [5, 5.41) is 7.93. The molecule has 1 amide bonds. The number of piperidine rings is 2. The van der Waals surface area contributed by atoms with Crippen molar-refractivity contribution in [3.05, 3.63) is 89.9 Å². The van der Waals surface area contributed by atoms with Crippen LogP contribution in [0.2, 0.25) is 0 Å². The van der Waals surface area contributed by atoms with E-state index < -0.39 is 0 Å². The average Bonchev–Trinajstić information content (AvgIpc) is 3.53. The third kappa shape index (κ3) is 3.72. The van der Waals surface area contributed by atoms with Crippen LogP contribution in [0.1, 0.15) is 59.5 Å². The molecule has 0 radical (unpaired) electrons. The van der Waals surface area contributed by atoms with Gasteiger partial charge in [0.05, 0.1) is 0 Å². The fraction of sp³-hybridized carbons (Fsp3) is 0.333. The molecule has 0 saturated carbocycles. The Morgan fingerprint density at radius 2 is 1.57 bits per heavy atom. The Hall–Kier alpha value is -4.00. The molecule has 186 valence electrons. The molecule has 7 heteroatoms. The first-order valence-corrected chi connectivity index (χ1v) is 13.1. The number of pyridine rings is 1. The predicted octanol–water partition coefficient (Wildman–Crippen LogP) is 5.49. The molecule has 4 aromatic rings. The number of fused-ring (bicyclic) bond motifs is 6. The molecule has 2 saturated heterocycles. The van der Waals surface area contributed by atoms with E-state index >= 15 is 0 Å². The van der Waals surface area contributed by atoms with Crippen molar-refractivity contribution in [3.8, 4) is 11.1 Å². The highest BCUT2D eigenvalue weighted by atomic mass is 16.6. The molecule has 4 heterocycles. The van der Waals surface area contributed by atoms with Gasteiger partial charge in [-0.1, -0.05) is 48.5 Å². The van der Waals surface area contributed by atoms with Gasteiger partial charge in [-0.25, -0.2) is 4.79 Å². The zero-order valence-corrected chi connectivity index (χ0v) is 20.5. The van der Waals surface area contributed by atoms with Crippen LogP contribution < -0.4 is 0 Å². The third-order valence-corrected chi connectivity index (χ3v) is 8.47. The van der Waals surface area contributed by atoms with Crippen LogP contribution in [0.5, 0.6) is 0 Å². The SMILES string of the molecule is O=C(c1ccc2nncn2c1)C1CC2CCCC(C1)N2C(=O)OCC1c2ccccc2-c2ccccc21. The van der Waals surface area contributed by atoms with Crippen molar-refractivity contribution in [3.63, 3.8) is 0 Å². The summed E-state index contributed by atoms with van der Waals surface area (Å²) in [7, 11) is 0. The first-order valence-electron chi connectivity index (χ1n) is 13.1. The molecule has 37 heavy (non-hydrogen) atoms. The minimum absolute atomic E-state index is 0.0377. The highest BCUT2D eigenvalue weighted by Crippen LogP contribution is 2.45. The number of hydrogen-bond donors (Lipinski definition) is 0. The predicted molar refractivity (Wildman–Crippen MR) is 138 cm³/mol. The number of benzene rings is 2. The molecular weight excluding hydrogens is 464 g/mol. The van der Waals surface area contributed by atoms with Crippen LogP contribution in [0.4, 0.5) is 4.79 Å². The summed E-state index contributed by atoms with van der Waals surface area (Å²) in [6.07, 6.45) is 7.44. The van der Waals surface area contributed by atoms with Crippen molar-refractivity contribution in [2.45, 2.75) is 50.1 Å². The van der Waals surface area contributed by atoms with Gasteiger partial charge in [-0.05, 0) is 66.5 Å². The topological polar surface area (TPSA) is 76.8 Å². The van der Waals surface area contributed by atoms with E-state index in [1.54, 1.807) is 10.7 Å². The molecule has 7 nitrogen and oxygen atoms in total. The lowest BCUT2D eigenvalue weighted by molar-refractivity contribution is 0.00650. The van der Waals surface area contributed by atoms with Crippen LogP contribution in [0.15, 0.2) is 73.2 Å². The second-order valence-corrected chi connectivity index (χ2v) is 10.5. The molecule has 0 N–H and O–H groups in total. The van der Waals surface area contributed by atoms with Crippen molar-refractivity contribution >= 4 is 17.5 Å². The Bertz CT molecular complexity index is 1450. The normalized spacial score (nSPS) is 22.5. The van der Waals surface area contributed by atoms with Crippen LogP contribution in [-0.4, -0.2) is 50.1 Å². The van der Waals surface area contributed by atoms with Gasteiger partial charge in [0, 0.05) is 35.7 Å². The van der Waals surface area contributed by atoms with E-state index in [1.807, 2.05) is 35.4 Å². The molecule has 3 aliphatic rings. The van der Waals surface area contributed by atoms with Crippen molar-refractivity contribution in [2.75, 3.05) is 6.61 Å². The number of ketones is 1. The number of hydrogen-bond acceptors (Lipinski definition) is 5. The summed E-state index contributed by atoms with van der Waals surface area (Å²) in [4.78, 5) is 28.8. The number of carbonyl (C=O) groups is 2. The van der Waals surface area contributed by atoms with Crippen LogP contribution in [0, 0.1) is 5.92 Å². The fourth-order valence-electron chi connectivity index (χ4n) is 6.77. The number of nitrogens with zero attached hydrogens (tertiary/aromatic N) is 4. The molecule has 0 spiro atoms. The lowest BCUT2D eigenvalue weighted by Crippen LogP contribution is -2.55. The van der Waals surface area contributed by atoms with Crippen molar-refractivity contribution < 1.29 is 14.3 Å². The molecule has 2 unspecified atom stereocenters. The summed E-state index contributed by atoms with van der Waals surface area (Å²) in [5.41, 5.74) is 6.26. The molecule has 2 aromatic carbocycles. The van der Waals surface area contributed by atoms with Gasteiger partial charge >= 0.3 is 6.09 Å². The summed E-state index contributed by atoms with van der Waals surface area (Å²) >= 11 is 0. The Balaban J connectivity index is 1.07. The molecule has 2 atom stereocenters. The number of carbonyl (C=O) groups excluding carboxylic acids is 2. The maximum Gasteiger partial charge on any atom is 0.410 e. The van der Waals surface area contributed by atoms with E-state index in [4.69, 9.17) is 4.74 Å². The van der Waals surface area contributed by atoms with E-state index in [1.165, 1.54) is 22.3 Å². The van der Waals surface area contributed by atoms with Gasteiger partial charge in [0.25, 0.3) is 0 Å². The average molecular weight is 493 g/mol. The Kier molecular flexibility index (Phi) is 5.30. The van der Waals surface area contributed by atoms with E-state index in [0.717, 1.165) is 24.9 Å². The summed E-state index contributed by atoms with van der Waals surface area (Å²) in [6.45, 7) is 0.324. The first-order chi connectivity index (χ1) is 18.2. The molecule has 2 fully saturated rings. The number of ether oxygens (including phenoxy) is 1. The van der Waals surface area contributed by atoms with Gasteiger partial charge in [0.2, 0.25) is 0 Å². The van der Waals surface area contributed by atoms with Gasteiger partial charge in [0.1, 0.15) is 12.9 Å². The highest BCUT2D eigenvalue weighted by Gasteiger charge is 2.44. The number of Topliss-reactive ketones (excluding diaryl/α,β-unsaturated/α-hetero) is 1. The van der Waals surface area contributed by atoms with E-state index in [9.17, 15) is 9.59 Å². The van der Waals surface area contributed by atoms with Crippen LogP contribution >= 0.6 is 0 Å². The Morgan fingerprint density at radius 1 is 0.892 bits per heavy atom. The lowest BCUT2D eigenvalue weighted by Gasteiger charge is -2.47. The Labute approximate surface area is 215 Å². The van der Waals surface area contributed by atoms with Crippen LogP contribution in [-0.2, 0) is 4.74 Å². The molecule has 2 bridgehead atoms. The summed E-state index contributed by atoms with van der Waals surface area (Å²) < 4.78 is 7.80. The molecule has 7 rings (SSSR count). The minimum atomic E-state index is -0.242. The zero-order chi connectivity index (χ0) is 24.9. The molecule has 1 aliphatic carbocycles. The standard InChI is InChI=1S/C30H28N4O3/c35-29(19-12-13-28-32-31-18-33(28)16-19)20-14-21-6-5-7-22(15-20)34(21)30(36)37-17-27-25-10-3-1-8-23(25)24-9-2-4-11-26(24)27/h1-4,8-13,16,18,20-22,27H,5-7,14-15,17H2. The number of rotatable bonds is 4. The van der Waals surface area contributed by atoms with Gasteiger partial charge < -0.3 is 9.64 Å². The summed E-state index contributed by atoms with van der Waals surface area (Å²) in [5.74, 6) is 0.0874. The number of amides is 1. The van der Waals surface area contributed by atoms with Crippen molar-refractivity contribution in [1.82, 2.24) is 19.5 Å². The fourth-order valence-corrected chi connectivity index (χ4v) is 6.77. The number of aromatic nitrogens is 3. The van der Waals surface area contributed by atoms with Gasteiger partial charge in [0.15, 0.2) is 11.4 Å². The first kappa shape index (κ1) is 22.2. The highest BCUT2D eigenvalue weighted by molar-refractivity contribution is 5.98. The largest absolute Gasteiger partial charge is 0.448 e. The smallest absolute Gasteiger partial charge is 0.410 e. The van der Waals surface area contributed by atoms with Crippen molar-refractivity contribution in [2.24, 2.45) is 5.92 Å². The van der Waals surface area contributed by atoms with Gasteiger partial charge in [-0.3, -0.25) is 9.20 Å². The third-order valence-electron chi connectivity index (χ3n) is 8.47. The Morgan fingerprint density at radius 3 is 2.27 bits per heavy atom. The van der Waals surface area contributed by atoms with E-state index in [0.29, 0.717) is 25.0 Å². The second-order valence-electron chi connectivity index (χ2n) is 10.5.